The molecule has 0 unspecified atom stereocenters. The van der Waals surface area contributed by atoms with E-state index < -0.39 is 34.1 Å². The standard InChI is InChI=1S/C14H14ClNO6S/c15-11-5-9(13(17)18)10(14(19)20)6-12(11)23-8-3-1-7(2-4-8)16(21)22/h1-4,9-12H,5-6H2,(H,17,18)(H,19,20)/t9-,10-,11+,12+/m1/s1. The third kappa shape index (κ3) is 4.14. The number of nitro groups is 1. The fraction of sp³-hybridized carbons (Fsp3) is 0.429. The summed E-state index contributed by atoms with van der Waals surface area (Å²) in [6, 6.07) is 5.88. The molecule has 2 N–H and O–H groups in total. The lowest BCUT2D eigenvalue weighted by atomic mass is 9.79. The molecule has 1 saturated carbocycles. The number of non-ortho nitro benzene ring substituents is 1. The molecule has 0 amide bonds. The maximum Gasteiger partial charge on any atom is 0.307 e. The lowest BCUT2D eigenvalue weighted by Gasteiger charge is -2.34. The highest BCUT2D eigenvalue weighted by Gasteiger charge is 2.43. The topological polar surface area (TPSA) is 118 Å². The van der Waals surface area contributed by atoms with Gasteiger partial charge in [0.2, 0.25) is 0 Å². The van der Waals surface area contributed by atoms with E-state index >= 15 is 0 Å². The molecule has 0 saturated heterocycles. The van der Waals surface area contributed by atoms with Crippen LogP contribution in [0.25, 0.3) is 0 Å². The Bertz CT molecular complexity index is 622. The van der Waals surface area contributed by atoms with Gasteiger partial charge in [-0.05, 0) is 25.0 Å². The molecule has 1 aliphatic rings. The summed E-state index contributed by atoms with van der Waals surface area (Å²) < 4.78 is 0. The second kappa shape index (κ2) is 7.18. The fourth-order valence-corrected chi connectivity index (χ4v) is 4.26. The average molecular weight is 360 g/mol. The van der Waals surface area contributed by atoms with Gasteiger partial charge in [-0.2, -0.15) is 0 Å². The fourth-order valence-electron chi connectivity index (χ4n) is 2.61. The molecule has 1 aromatic carbocycles. The van der Waals surface area contributed by atoms with Gasteiger partial charge in [0.15, 0.2) is 0 Å². The number of nitrogens with zero attached hydrogens (tertiary/aromatic N) is 1. The Balaban J connectivity index is 2.11. The van der Waals surface area contributed by atoms with Crippen LogP contribution in [0.2, 0.25) is 0 Å². The van der Waals surface area contributed by atoms with Crippen LogP contribution in [-0.4, -0.2) is 37.7 Å². The lowest BCUT2D eigenvalue weighted by molar-refractivity contribution is -0.384. The quantitative estimate of drug-likeness (QED) is 0.471. The van der Waals surface area contributed by atoms with Crippen LogP contribution >= 0.6 is 23.4 Å². The van der Waals surface area contributed by atoms with Crippen LogP contribution in [-0.2, 0) is 9.59 Å². The van der Waals surface area contributed by atoms with Crippen molar-refractivity contribution in [1.82, 2.24) is 0 Å². The summed E-state index contributed by atoms with van der Waals surface area (Å²) in [5.41, 5.74) is -0.0326. The van der Waals surface area contributed by atoms with Crippen molar-refractivity contribution in [2.75, 3.05) is 0 Å². The van der Waals surface area contributed by atoms with Gasteiger partial charge in [-0.1, -0.05) is 0 Å². The second-order valence-electron chi connectivity index (χ2n) is 5.28. The zero-order valence-corrected chi connectivity index (χ0v) is 13.4. The number of thioether (sulfide) groups is 1. The number of carboxylic acids is 2. The van der Waals surface area contributed by atoms with Crippen LogP contribution in [0.15, 0.2) is 29.2 Å². The van der Waals surface area contributed by atoms with Crippen LogP contribution in [0.4, 0.5) is 5.69 Å². The molecular weight excluding hydrogens is 346 g/mol. The summed E-state index contributed by atoms with van der Waals surface area (Å²) in [6.07, 6.45) is 0.223. The van der Waals surface area contributed by atoms with E-state index in [0.717, 1.165) is 4.90 Å². The molecule has 7 nitrogen and oxygen atoms in total. The number of carboxylic acid groups (broad SMARTS) is 2. The van der Waals surface area contributed by atoms with Crippen molar-refractivity contribution in [3.8, 4) is 0 Å². The molecule has 2 rings (SSSR count). The van der Waals surface area contributed by atoms with Gasteiger partial charge in [-0.3, -0.25) is 19.7 Å². The van der Waals surface area contributed by atoms with Crippen molar-refractivity contribution < 1.29 is 24.7 Å². The Kier molecular flexibility index (Phi) is 5.48. The number of nitro benzene ring substituents is 1. The normalized spacial score (nSPS) is 27.3. The van der Waals surface area contributed by atoms with Crippen LogP contribution in [0.5, 0.6) is 0 Å². The SMILES string of the molecule is O=C(O)[C@@H]1C[C@H](Sc2ccc([N+](=O)[O-])cc2)[C@@H](Cl)C[C@H]1C(=O)O. The van der Waals surface area contributed by atoms with E-state index in [9.17, 15) is 24.8 Å². The maximum atomic E-state index is 11.3. The first-order chi connectivity index (χ1) is 10.8. The van der Waals surface area contributed by atoms with Gasteiger partial charge in [0.1, 0.15) is 0 Å². The second-order valence-corrected chi connectivity index (χ2v) is 7.16. The zero-order chi connectivity index (χ0) is 17.1. The van der Waals surface area contributed by atoms with Gasteiger partial charge in [0, 0.05) is 27.7 Å². The first-order valence-corrected chi connectivity index (χ1v) is 8.12. The summed E-state index contributed by atoms with van der Waals surface area (Å²) in [4.78, 5) is 33.3. The third-order valence-corrected chi connectivity index (χ3v) is 5.82. The van der Waals surface area contributed by atoms with Gasteiger partial charge in [-0.25, -0.2) is 0 Å². The van der Waals surface area contributed by atoms with Gasteiger partial charge in [-0.15, -0.1) is 23.4 Å². The van der Waals surface area contributed by atoms with Gasteiger partial charge >= 0.3 is 11.9 Å². The molecule has 0 heterocycles. The molecule has 0 bridgehead atoms. The molecule has 0 aromatic heterocycles. The van der Waals surface area contributed by atoms with Crippen molar-refractivity contribution in [1.29, 1.82) is 0 Å². The van der Waals surface area contributed by atoms with Crippen molar-refractivity contribution >= 4 is 41.0 Å². The van der Waals surface area contributed by atoms with E-state index in [2.05, 4.69) is 0 Å². The first-order valence-electron chi connectivity index (χ1n) is 6.80. The number of halogens is 1. The summed E-state index contributed by atoms with van der Waals surface area (Å²) in [7, 11) is 0. The van der Waals surface area contributed by atoms with Crippen LogP contribution in [0, 0.1) is 22.0 Å². The molecule has 0 spiro atoms. The highest BCUT2D eigenvalue weighted by Crippen LogP contribution is 2.42. The Morgan fingerprint density at radius 2 is 1.65 bits per heavy atom. The van der Waals surface area contributed by atoms with E-state index in [1.54, 1.807) is 12.1 Å². The van der Waals surface area contributed by atoms with E-state index in [4.69, 9.17) is 16.7 Å². The zero-order valence-electron chi connectivity index (χ0n) is 11.8. The van der Waals surface area contributed by atoms with Crippen LogP contribution in [0.1, 0.15) is 12.8 Å². The Morgan fingerprint density at radius 3 is 2.13 bits per heavy atom. The maximum absolute atomic E-state index is 11.3. The molecule has 1 aromatic rings. The van der Waals surface area contributed by atoms with Gasteiger partial charge < -0.3 is 10.2 Å². The third-order valence-electron chi connectivity index (χ3n) is 3.82. The van der Waals surface area contributed by atoms with Crippen LogP contribution in [0.3, 0.4) is 0 Å². The van der Waals surface area contributed by atoms with Gasteiger partial charge in [0.25, 0.3) is 5.69 Å². The van der Waals surface area contributed by atoms with Crippen molar-refractivity contribution in [3.63, 3.8) is 0 Å². The number of alkyl halides is 1. The Morgan fingerprint density at radius 1 is 1.13 bits per heavy atom. The Hall–Kier alpha value is -1.80. The highest BCUT2D eigenvalue weighted by molar-refractivity contribution is 8.00. The molecular formula is C14H14ClNO6S. The van der Waals surface area contributed by atoms with Crippen LogP contribution < -0.4 is 0 Å². The lowest BCUT2D eigenvalue weighted by Crippen LogP contribution is -2.41. The molecule has 23 heavy (non-hydrogen) atoms. The summed E-state index contributed by atoms with van der Waals surface area (Å²) in [5.74, 6) is -4.28. The smallest absolute Gasteiger partial charge is 0.307 e. The number of rotatable bonds is 5. The monoisotopic (exact) mass is 359 g/mol. The summed E-state index contributed by atoms with van der Waals surface area (Å²) >= 11 is 7.55. The number of aliphatic carboxylic acids is 2. The molecule has 0 aliphatic heterocycles. The molecule has 1 aliphatic carbocycles. The minimum absolute atomic E-state index is 0.0326. The molecule has 4 atom stereocenters. The molecule has 9 heteroatoms. The van der Waals surface area contributed by atoms with E-state index in [1.807, 2.05) is 0 Å². The molecule has 124 valence electrons. The average Bonchev–Trinajstić information content (AvgIpc) is 2.49. The largest absolute Gasteiger partial charge is 0.481 e. The molecule has 1 fully saturated rings. The van der Waals surface area contributed by atoms with Crippen molar-refractivity contribution in [2.45, 2.75) is 28.4 Å². The summed E-state index contributed by atoms with van der Waals surface area (Å²) in [6.45, 7) is 0. The number of benzene rings is 1. The van der Waals surface area contributed by atoms with Crippen molar-refractivity contribution in [2.24, 2.45) is 11.8 Å². The predicted octanol–water partition coefficient (Wildman–Crippen LogP) is 2.86. The predicted molar refractivity (Wildman–Crippen MR) is 83.9 cm³/mol. The van der Waals surface area contributed by atoms with E-state index in [0.29, 0.717) is 0 Å². The van der Waals surface area contributed by atoms with E-state index in [1.165, 1.54) is 23.9 Å². The Labute approximate surface area is 140 Å². The van der Waals surface area contributed by atoms with Gasteiger partial charge in [0.05, 0.1) is 16.8 Å². The van der Waals surface area contributed by atoms with E-state index in [-0.39, 0.29) is 23.8 Å². The number of carbonyl (C=O) groups is 2. The first kappa shape index (κ1) is 17.6. The highest BCUT2D eigenvalue weighted by atomic mass is 35.5. The number of hydrogen-bond donors (Lipinski definition) is 2. The van der Waals surface area contributed by atoms with Crippen molar-refractivity contribution in [3.05, 3.63) is 34.4 Å². The summed E-state index contributed by atoms with van der Waals surface area (Å²) in [5, 5.41) is 28.3. The molecule has 0 radical (unpaired) electrons. The number of hydrogen-bond acceptors (Lipinski definition) is 5. The minimum atomic E-state index is -1.15. The minimum Gasteiger partial charge on any atom is -0.481 e.